The van der Waals surface area contributed by atoms with E-state index in [0.29, 0.717) is 6.61 Å². The van der Waals surface area contributed by atoms with Crippen LogP contribution in [0.4, 0.5) is 0 Å². The predicted octanol–water partition coefficient (Wildman–Crippen LogP) is 0.0791. The van der Waals surface area contributed by atoms with Gasteiger partial charge in [-0.3, -0.25) is 0 Å². The smallest absolute Gasteiger partial charge is 0.323 e. The van der Waals surface area contributed by atoms with Gasteiger partial charge in [-0.1, -0.05) is 0 Å². The van der Waals surface area contributed by atoms with Crippen LogP contribution >= 0.6 is 0 Å². The van der Waals surface area contributed by atoms with E-state index in [0.717, 1.165) is 0 Å². The zero-order valence-corrected chi connectivity index (χ0v) is 6.37. The fourth-order valence-electron chi connectivity index (χ4n) is 0.527. The van der Waals surface area contributed by atoms with E-state index in [1.807, 2.05) is 6.92 Å². The molecule has 0 aliphatic heterocycles. The normalized spacial score (nSPS) is 9.27. The SMILES string of the molecule is CCOc1n[c]nc(OC)n1. The number of aromatic nitrogens is 3. The van der Waals surface area contributed by atoms with Gasteiger partial charge < -0.3 is 9.47 Å². The lowest BCUT2D eigenvalue weighted by atomic mass is 10.8. The van der Waals surface area contributed by atoms with Crippen LogP contribution in [-0.2, 0) is 0 Å². The molecule has 1 radical (unpaired) electrons. The molecule has 1 rings (SSSR count). The van der Waals surface area contributed by atoms with E-state index in [1.165, 1.54) is 7.11 Å². The number of nitrogens with zero attached hydrogens (tertiary/aromatic N) is 3. The Labute approximate surface area is 64.4 Å². The molecule has 0 fully saturated rings. The van der Waals surface area contributed by atoms with E-state index < -0.39 is 0 Å². The van der Waals surface area contributed by atoms with Gasteiger partial charge in [0.1, 0.15) is 0 Å². The van der Waals surface area contributed by atoms with Crippen LogP contribution in [0.5, 0.6) is 12.0 Å². The van der Waals surface area contributed by atoms with Crippen LogP contribution in [0, 0.1) is 6.33 Å². The first-order chi connectivity index (χ1) is 5.36. The summed E-state index contributed by atoms with van der Waals surface area (Å²) in [6, 6.07) is 0.447. The van der Waals surface area contributed by atoms with Crippen LogP contribution in [0.15, 0.2) is 0 Å². The van der Waals surface area contributed by atoms with Gasteiger partial charge in [-0.05, 0) is 6.92 Å². The molecule has 0 bridgehead atoms. The molecule has 0 aromatic carbocycles. The van der Waals surface area contributed by atoms with Gasteiger partial charge in [0.05, 0.1) is 13.7 Å². The second-order valence-corrected chi connectivity index (χ2v) is 1.64. The molecule has 0 N–H and O–H groups in total. The molecule has 0 amide bonds. The van der Waals surface area contributed by atoms with Crippen LogP contribution < -0.4 is 9.47 Å². The maximum atomic E-state index is 4.97. The maximum absolute atomic E-state index is 4.97. The summed E-state index contributed by atoms with van der Waals surface area (Å²) in [5.74, 6) is 0. The monoisotopic (exact) mass is 154 g/mol. The molecule has 11 heavy (non-hydrogen) atoms. The summed E-state index contributed by atoms with van der Waals surface area (Å²) in [5, 5.41) is 0. The fourth-order valence-corrected chi connectivity index (χ4v) is 0.527. The molecule has 0 atom stereocenters. The summed E-state index contributed by atoms with van der Waals surface area (Å²) < 4.78 is 9.70. The Kier molecular flexibility index (Phi) is 2.59. The van der Waals surface area contributed by atoms with Gasteiger partial charge in [-0.15, -0.1) is 4.98 Å². The standard InChI is InChI=1S/C6H8N3O2/c1-3-11-6-8-4-7-5(9-6)10-2/h3H2,1-2H3. The van der Waals surface area contributed by atoms with Gasteiger partial charge in [-0.2, -0.15) is 9.97 Å². The first-order valence-electron chi connectivity index (χ1n) is 3.15. The summed E-state index contributed by atoms with van der Waals surface area (Å²) in [4.78, 5) is 11.0. The van der Waals surface area contributed by atoms with E-state index in [9.17, 15) is 0 Å². The molecular weight excluding hydrogens is 146 g/mol. The molecule has 0 spiro atoms. The van der Waals surface area contributed by atoms with Crippen LogP contribution in [0.25, 0.3) is 0 Å². The summed E-state index contributed by atoms with van der Waals surface area (Å²) in [6.45, 7) is 2.36. The summed E-state index contributed by atoms with van der Waals surface area (Å²) in [5.41, 5.74) is 0. The largest absolute Gasteiger partial charge is 0.467 e. The maximum Gasteiger partial charge on any atom is 0.323 e. The zero-order chi connectivity index (χ0) is 8.10. The second-order valence-electron chi connectivity index (χ2n) is 1.64. The van der Waals surface area contributed by atoms with Gasteiger partial charge in [0.25, 0.3) is 0 Å². The van der Waals surface area contributed by atoms with Crippen molar-refractivity contribution in [3.8, 4) is 12.0 Å². The first kappa shape index (κ1) is 7.71. The van der Waals surface area contributed by atoms with Crippen molar-refractivity contribution in [2.45, 2.75) is 6.92 Å². The summed E-state index contributed by atoms with van der Waals surface area (Å²) >= 11 is 0. The Balaban J connectivity index is 2.74. The highest BCUT2D eigenvalue weighted by Crippen LogP contribution is 2.03. The number of hydrogen-bond acceptors (Lipinski definition) is 5. The molecule has 1 aromatic heterocycles. The van der Waals surface area contributed by atoms with Crippen molar-refractivity contribution in [1.82, 2.24) is 15.0 Å². The van der Waals surface area contributed by atoms with Crippen molar-refractivity contribution in [2.75, 3.05) is 13.7 Å². The number of hydrogen-bond donors (Lipinski definition) is 0. The third kappa shape index (κ3) is 2.03. The van der Waals surface area contributed by atoms with Crippen LogP contribution in [0.2, 0.25) is 0 Å². The average Bonchev–Trinajstić information content (AvgIpc) is 2.06. The Morgan fingerprint density at radius 3 is 2.73 bits per heavy atom. The van der Waals surface area contributed by atoms with Gasteiger partial charge in [0.2, 0.25) is 6.33 Å². The predicted molar refractivity (Wildman–Crippen MR) is 36.4 cm³/mol. The molecule has 5 nitrogen and oxygen atoms in total. The lowest BCUT2D eigenvalue weighted by molar-refractivity contribution is 0.296. The topological polar surface area (TPSA) is 57.1 Å². The van der Waals surface area contributed by atoms with E-state index in [4.69, 9.17) is 9.47 Å². The fraction of sp³-hybridized carbons (Fsp3) is 0.500. The molecule has 1 heterocycles. The van der Waals surface area contributed by atoms with Crippen molar-refractivity contribution < 1.29 is 9.47 Å². The van der Waals surface area contributed by atoms with E-state index in [-0.39, 0.29) is 12.0 Å². The molecule has 0 aliphatic rings. The minimum Gasteiger partial charge on any atom is -0.467 e. The number of methoxy groups -OCH3 is 1. The highest BCUT2D eigenvalue weighted by molar-refractivity contribution is 4.98. The highest BCUT2D eigenvalue weighted by atomic mass is 16.5. The minimum absolute atomic E-state index is 0.212. The molecular formula is C6H8N3O2. The molecule has 59 valence electrons. The van der Waals surface area contributed by atoms with Gasteiger partial charge in [-0.25, -0.2) is 0 Å². The molecule has 1 aromatic rings. The Bertz CT molecular complexity index is 229. The molecule has 0 unspecified atom stereocenters. The van der Waals surface area contributed by atoms with Crippen molar-refractivity contribution >= 4 is 0 Å². The molecule has 0 saturated heterocycles. The average molecular weight is 154 g/mol. The van der Waals surface area contributed by atoms with E-state index >= 15 is 0 Å². The lowest BCUT2D eigenvalue weighted by Crippen LogP contribution is -2.00. The van der Waals surface area contributed by atoms with E-state index in [2.05, 4.69) is 21.3 Å². The minimum atomic E-state index is 0.212. The Morgan fingerprint density at radius 2 is 2.09 bits per heavy atom. The van der Waals surface area contributed by atoms with E-state index in [1.54, 1.807) is 0 Å². The quantitative estimate of drug-likeness (QED) is 0.617. The Hall–Kier alpha value is -1.39. The van der Waals surface area contributed by atoms with Crippen LogP contribution in [0.1, 0.15) is 6.92 Å². The number of rotatable bonds is 3. The molecule has 0 aliphatic carbocycles. The third-order valence-electron chi connectivity index (χ3n) is 0.939. The van der Waals surface area contributed by atoms with Crippen molar-refractivity contribution in [1.29, 1.82) is 0 Å². The summed E-state index contributed by atoms with van der Waals surface area (Å²) in [6.07, 6.45) is 2.35. The molecule has 0 saturated carbocycles. The second kappa shape index (κ2) is 3.70. The Morgan fingerprint density at radius 1 is 1.36 bits per heavy atom. The summed E-state index contributed by atoms with van der Waals surface area (Å²) in [7, 11) is 1.47. The lowest BCUT2D eigenvalue weighted by Gasteiger charge is -1.99. The van der Waals surface area contributed by atoms with Crippen molar-refractivity contribution in [2.24, 2.45) is 0 Å². The number of ether oxygens (including phenoxy) is 2. The van der Waals surface area contributed by atoms with Gasteiger partial charge >= 0.3 is 12.0 Å². The van der Waals surface area contributed by atoms with Gasteiger partial charge in [0.15, 0.2) is 0 Å². The zero-order valence-electron chi connectivity index (χ0n) is 6.37. The third-order valence-corrected chi connectivity index (χ3v) is 0.939. The van der Waals surface area contributed by atoms with Crippen LogP contribution in [0.3, 0.4) is 0 Å². The van der Waals surface area contributed by atoms with Crippen LogP contribution in [-0.4, -0.2) is 28.7 Å². The first-order valence-corrected chi connectivity index (χ1v) is 3.15. The van der Waals surface area contributed by atoms with Crippen molar-refractivity contribution in [3.63, 3.8) is 0 Å². The van der Waals surface area contributed by atoms with Crippen molar-refractivity contribution in [3.05, 3.63) is 6.33 Å². The van der Waals surface area contributed by atoms with Gasteiger partial charge in [0, 0.05) is 0 Å². The molecule has 5 heteroatoms. The highest BCUT2D eigenvalue weighted by Gasteiger charge is 1.99.